The Morgan fingerprint density at radius 3 is 1.44 bits per heavy atom. The predicted molar refractivity (Wildman–Crippen MR) is 543 cm³/mol. The first-order valence-electron chi connectivity index (χ1n) is 39.5. The molecule has 39 heteroatoms. The minimum Gasteiger partial charge on any atom is -0.459 e. The Labute approximate surface area is 797 Å². The summed E-state index contributed by atoms with van der Waals surface area (Å²) in [6, 6.07) is 19.4. The molecule has 0 atom stereocenters. The summed E-state index contributed by atoms with van der Waals surface area (Å²) in [4.78, 5) is 112. The van der Waals surface area contributed by atoms with Crippen LogP contribution in [0.15, 0.2) is 75.4 Å². The van der Waals surface area contributed by atoms with E-state index in [1.165, 1.54) is 158 Å². The van der Waals surface area contributed by atoms with Crippen LogP contribution in [-0.2, 0) is 41.7 Å². The van der Waals surface area contributed by atoms with Crippen molar-refractivity contribution >= 4 is 239 Å². The largest absolute Gasteiger partial charge is 0.459 e. The molecule has 10 heterocycles. The van der Waals surface area contributed by atoms with Crippen LogP contribution in [0.3, 0.4) is 0 Å². The SMILES string of the molecule is C.C=[C](OCC)[Sn]([CH2]CCC)([CH2]CCC)[CH2]CCC.CC(=O)n1ncc2sc(C)cc21.CC(C)(C)OC(=O)CBr.CC(C)(C)ON=O.CC[SiH](CC)CC.Cc1cc(N)c(C)s1.Cc1cc([N+](=O)[O-])c(C)s1.Cc1cc2c(s1)C(I)=NC2.Cc1cc2c(s1)c(I)nn2CC(=O)OC(C)(C)C.Cc1ccc(C=O)s1.Cc1sc(C=O)cc1[N+](=O)[O-].O=[N+]([O-])O. The Balaban J connectivity index is -0.00000130. The van der Waals surface area contributed by atoms with Gasteiger partial charge in [-0.05, 0) is 212 Å². The summed E-state index contributed by atoms with van der Waals surface area (Å²) >= 11 is 16.3. The van der Waals surface area contributed by atoms with E-state index in [2.05, 4.69) is 174 Å². The third-order valence-electron chi connectivity index (χ3n) is 16.3. The number of nitrogens with two attached hydrogens (primary N) is 1. The number of nitrogens with zero attached hydrogens (tertiary/aromatic N) is 9. The van der Waals surface area contributed by atoms with E-state index < -0.39 is 39.6 Å². The Kier molecular flexibility index (Phi) is 62.3. The Morgan fingerprint density at radius 1 is 0.650 bits per heavy atom. The molecule has 0 unspecified atom stereocenters. The molecule has 0 spiro atoms. The number of fused-ring (bicyclic) bond motifs is 3. The summed E-state index contributed by atoms with van der Waals surface area (Å²) in [5.74, 6) is -0.516. The molecule has 0 aliphatic carbocycles. The summed E-state index contributed by atoms with van der Waals surface area (Å²) < 4.78 is 29.2. The Hall–Kier alpha value is -5.84. The van der Waals surface area contributed by atoms with Gasteiger partial charge in [-0.25, -0.2) is 0 Å². The van der Waals surface area contributed by atoms with Crippen molar-refractivity contribution in [2.45, 2.75) is 287 Å². The van der Waals surface area contributed by atoms with Gasteiger partial charge in [-0.1, -0.05) is 62.3 Å². The summed E-state index contributed by atoms with van der Waals surface area (Å²) in [6.45, 7) is 57.7. The maximum Gasteiger partial charge on any atom is 0.328 e. The van der Waals surface area contributed by atoms with Crippen molar-refractivity contribution in [2.75, 3.05) is 17.7 Å². The summed E-state index contributed by atoms with van der Waals surface area (Å²) in [7, 11) is -0.171. The molecule has 27 nitrogen and oxygen atoms in total. The number of nitro groups is 2. The van der Waals surface area contributed by atoms with Gasteiger partial charge in [-0.3, -0.25) is 53.9 Å². The molecule has 123 heavy (non-hydrogen) atoms. The minimum atomic E-state index is -2.24. The molecule has 0 bridgehead atoms. The molecule has 0 saturated carbocycles. The van der Waals surface area contributed by atoms with E-state index in [0.717, 1.165) is 75.2 Å². The van der Waals surface area contributed by atoms with Crippen LogP contribution in [0.25, 0.3) is 20.4 Å². The summed E-state index contributed by atoms with van der Waals surface area (Å²) in [5, 5.41) is 45.0. The Bertz CT molecular complexity index is 4650. The van der Waals surface area contributed by atoms with Crippen LogP contribution in [0.2, 0.25) is 31.4 Å². The first-order valence-corrected chi connectivity index (χ1v) is 58.5. The number of aromatic nitrogens is 4. The van der Waals surface area contributed by atoms with Gasteiger partial charge in [0, 0.05) is 67.7 Å². The maximum absolute atomic E-state index is 11.8. The summed E-state index contributed by atoms with van der Waals surface area (Å²) in [6.07, 6.45) is 11.3. The molecular formula is C84H131BrI2N10O17S7SiSn. The van der Waals surface area contributed by atoms with Gasteiger partial charge in [0.05, 0.1) is 67.4 Å². The number of rotatable bonds is 23. The molecular weight excluding hydrogens is 2130 g/mol. The van der Waals surface area contributed by atoms with Crippen LogP contribution in [0.1, 0.15) is 242 Å². The van der Waals surface area contributed by atoms with E-state index in [1.54, 1.807) is 85.6 Å². The number of carbonyl (C=O) groups excluding carboxylic acids is 5. The number of aldehydes is 2. The van der Waals surface area contributed by atoms with E-state index in [9.17, 15) is 49.1 Å². The van der Waals surface area contributed by atoms with Gasteiger partial charge in [0.1, 0.15) is 36.1 Å². The smallest absolute Gasteiger partial charge is 0.328 e. The molecule has 0 fully saturated rings. The van der Waals surface area contributed by atoms with Gasteiger partial charge in [0.15, 0.2) is 17.9 Å². The fourth-order valence-corrected chi connectivity index (χ4v) is 34.8. The van der Waals surface area contributed by atoms with Crippen molar-refractivity contribution in [2.24, 2.45) is 10.3 Å². The number of hydrogen-bond donors (Lipinski definition) is 2. The van der Waals surface area contributed by atoms with Gasteiger partial charge in [0.25, 0.3) is 16.5 Å². The molecule has 0 radical (unpaired) electrons. The number of nitrogen functional groups attached to an aromatic ring is 1. The first kappa shape index (κ1) is 121. The number of halogens is 3. The number of aryl methyl sites for hydroxylation is 9. The number of unbranched alkanes of at least 4 members (excludes halogenated alkanes) is 3. The number of alkyl halides is 1. The molecule has 690 valence electrons. The number of carbonyl (C=O) groups is 5. The number of esters is 2. The second-order valence-electron chi connectivity index (χ2n) is 30.3. The quantitative estimate of drug-likeness (QED) is 0.00691. The third kappa shape index (κ3) is 51.7. The number of hydrogen-bond acceptors (Lipinski definition) is 28. The van der Waals surface area contributed by atoms with E-state index in [1.807, 2.05) is 105 Å². The average Bonchev–Trinajstić information content (AvgIpc) is 1.64. The van der Waals surface area contributed by atoms with Crippen LogP contribution in [0, 0.1) is 101 Å². The predicted octanol–water partition coefficient (Wildman–Crippen LogP) is 27.7. The van der Waals surface area contributed by atoms with Crippen molar-refractivity contribution in [1.29, 1.82) is 0 Å². The van der Waals surface area contributed by atoms with Crippen molar-refractivity contribution in [3.8, 4) is 0 Å². The Morgan fingerprint density at radius 2 is 1.11 bits per heavy atom. The van der Waals surface area contributed by atoms with Crippen LogP contribution in [-0.4, -0.2) is 130 Å². The molecule has 0 saturated heterocycles. The number of ether oxygens (including phenoxy) is 3. The van der Waals surface area contributed by atoms with Crippen LogP contribution >= 0.6 is 140 Å². The number of thiophene rings is 7. The van der Waals surface area contributed by atoms with Gasteiger partial charge in [-0.2, -0.15) is 14.9 Å². The molecule has 9 aromatic heterocycles. The summed E-state index contributed by atoms with van der Waals surface area (Å²) in [5.41, 5.74) is 8.83. The molecule has 9 aromatic rings. The van der Waals surface area contributed by atoms with Gasteiger partial charge in [0.2, 0.25) is 5.91 Å². The third-order valence-corrected chi connectivity index (χ3v) is 44.5. The maximum atomic E-state index is 11.8. The van der Waals surface area contributed by atoms with Crippen molar-refractivity contribution < 1.29 is 63.2 Å². The fourth-order valence-electron chi connectivity index (χ4n) is 10.7. The molecule has 10 rings (SSSR count). The normalized spacial score (nSPS) is 10.8. The van der Waals surface area contributed by atoms with Gasteiger partial charge >= 0.3 is 132 Å². The van der Waals surface area contributed by atoms with E-state index in [4.69, 9.17) is 35.3 Å². The van der Waals surface area contributed by atoms with Gasteiger partial charge < -0.3 is 25.3 Å². The monoisotopic (exact) mass is 2260 g/mol. The van der Waals surface area contributed by atoms with E-state index in [0.29, 0.717) is 16.0 Å². The van der Waals surface area contributed by atoms with Crippen LogP contribution in [0.5, 0.6) is 0 Å². The van der Waals surface area contributed by atoms with Crippen LogP contribution < -0.4 is 5.73 Å². The number of aliphatic imine (C=N–C) groups is 1. The average molecular weight is 2260 g/mol. The second kappa shape index (κ2) is 63.2. The van der Waals surface area contributed by atoms with Gasteiger partial charge in [-0.15, -0.1) is 94.4 Å². The molecule has 1 aliphatic rings. The molecule has 0 aromatic carbocycles. The zero-order valence-electron chi connectivity index (χ0n) is 75.5. The standard InChI is InChI=1S/C12H15IN2O2S.C8H8N2OS.C7H6INS.C6H11BrO2.C6H5NO3S.C6H7NO2S.C6H9NS.C6H6OS.C6H16Si.C4H9NO2.C4H7O.3C4H9.CH4.HNO3.Sn/c1-7-5-8-10(18-7)11(13)14-15(8)6-9(16)17-12(2,3)4;1-5-3-7-8(12-5)4-9-10(7)6(2)11;1-4-2-5-3-9-7(8)6(5)10-4;1-6(2,3)9-5(8)4-7;1-4-6(7(9)10)2-5(3-8)11-4;1-4-3-6(7(8)9)5(2)10-4;1-4-3-6(7)5(2)8-4;1-5-2-3-6(4-7)8-5;1-4-7(5-2)6-3;1-4(2,3)7-5-6;1-3-5-4-2;3*1-3-4-2;;2-1(3)4;/h5H,6H2,1-4H3;3-4H,1-2H3;2H,3H2,1H3;4H2,1-3H3;2-3H,1H3;3H,1-2H3;3H,7H2,1-2H3;2-4H,1H3;7H,4-6H2,1-3H3;1-3H3;1,4H2,2H3;3*1,3-4H2,2H3;1H4;(H,2,3,4);. The van der Waals surface area contributed by atoms with E-state index >= 15 is 0 Å². The molecule has 1 aliphatic heterocycles. The topological polar surface area (TPSA) is 375 Å². The minimum absolute atomic E-state index is 0. The number of anilines is 1. The molecule has 3 N–H and O–H groups in total. The van der Waals surface area contributed by atoms with Crippen molar-refractivity contribution in [3.63, 3.8) is 0 Å². The first-order chi connectivity index (χ1) is 56.7. The van der Waals surface area contributed by atoms with Crippen LogP contribution in [0.4, 0.5) is 17.1 Å². The second-order valence-corrected chi connectivity index (χ2v) is 59.6. The van der Waals surface area contributed by atoms with Crippen molar-refractivity contribution in [1.82, 2.24) is 19.6 Å². The molecule has 0 amide bonds. The zero-order valence-corrected chi connectivity index (χ0v) is 91.1. The zero-order chi connectivity index (χ0) is 94.2. The van der Waals surface area contributed by atoms with Crippen molar-refractivity contribution in [3.05, 3.63) is 168 Å². The fraction of sp³-hybridized carbons (Fsp3) is 0.548. The van der Waals surface area contributed by atoms with E-state index in [-0.39, 0.29) is 67.8 Å².